The zero-order valence-electron chi connectivity index (χ0n) is 21.3. The van der Waals surface area contributed by atoms with Crippen molar-refractivity contribution in [1.82, 2.24) is 14.7 Å². The lowest BCUT2D eigenvalue weighted by Crippen LogP contribution is -2.35. The maximum Gasteiger partial charge on any atom is 0.266 e. The number of hydrogen-bond donors (Lipinski definition) is 0. The van der Waals surface area contributed by atoms with Crippen molar-refractivity contribution in [1.29, 1.82) is 0 Å². The number of hydrogen-bond acceptors (Lipinski definition) is 6. The van der Waals surface area contributed by atoms with Crippen LogP contribution in [0.15, 0.2) is 59.6 Å². The molecule has 0 saturated carbocycles. The molecular weight excluding hydrogens is 502 g/mol. The van der Waals surface area contributed by atoms with Gasteiger partial charge in [-0.15, -0.1) is 0 Å². The van der Waals surface area contributed by atoms with Crippen LogP contribution in [-0.2, 0) is 9.53 Å². The topological polar surface area (TPSA) is 56.6 Å². The smallest absolute Gasteiger partial charge is 0.266 e. The molecule has 0 unspecified atom stereocenters. The molecule has 5 rings (SSSR count). The third kappa shape index (κ3) is 5.81. The SMILES string of the molecule is Cc1cc(OCC(C)C)ccc1-c1nn(-c2ccccc2)cc1/C=C1\SC(=S)N(C[C@H]2CCCO2)C1=O. The molecule has 0 spiro atoms. The fourth-order valence-corrected chi connectivity index (χ4v) is 5.73. The Morgan fingerprint density at radius 1 is 1.24 bits per heavy atom. The highest BCUT2D eigenvalue weighted by Gasteiger charge is 2.35. The van der Waals surface area contributed by atoms with E-state index >= 15 is 0 Å². The van der Waals surface area contributed by atoms with Gasteiger partial charge in [-0.3, -0.25) is 9.69 Å². The Balaban J connectivity index is 1.50. The van der Waals surface area contributed by atoms with E-state index in [-0.39, 0.29) is 12.0 Å². The summed E-state index contributed by atoms with van der Waals surface area (Å²) in [5, 5.41) is 4.95. The fraction of sp³-hybridized carbons (Fsp3) is 0.345. The maximum atomic E-state index is 13.3. The van der Waals surface area contributed by atoms with E-state index in [2.05, 4.69) is 20.8 Å². The first kappa shape index (κ1) is 25.7. The second kappa shape index (κ2) is 11.2. The van der Waals surface area contributed by atoms with Gasteiger partial charge in [-0.2, -0.15) is 5.10 Å². The summed E-state index contributed by atoms with van der Waals surface area (Å²) in [7, 11) is 0. The van der Waals surface area contributed by atoms with E-state index in [0.717, 1.165) is 53.3 Å². The molecule has 0 N–H and O–H groups in total. The standard InChI is InChI=1S/C29H31N3O3S2/c1-19(2)18-35-23-11-12-25(20(3)14-23)27-21(16-32(30-27)22-8-5-4-6-9-22)15-26-28(33)31(29(36)37-26)17-24-10-7-13-34-24/h4-6,8-9,11-12,14-16,19,24H,7,10,13,17-18H2,1-3H3/b26-15-/t24-/m1/s1. The second-order valence-corrected chi connectivity index (χ2v) is 11.5. The summed E-state index contributed by atoms with van der Waals surface area (Å²) >= 11 is 6.91. The summed E-state index contributed by atoms with van der Waals surface area (Å²) in [6.45, 7) is 8.25. The number of para-hydroxylation sites is 1. The lowest BCUT2D eigenvalue weighted by Gasteiger charge is -2.18. The first-order valence-electron chi connectivity index (χ1n) is 12.6. The zero-order valence-corrected chi connectivity index (χ0v) is 23.0. The molecule has 6 nitrogen and oxygen atoms in total. The second-order valence-electron chi connectivity index (χ2n) is 9.82. The van der Waals surface area contributed by atoms with Crippen LogP contribution in [0.25, 0.3) is 23.0 Å². The average molecular weight is 534 g/mol. The van der Waals surface area contributed by atoms with Gasteiger partial charge in [-0.25, -0.2) is 4.68 Å². The monoisotopic (exact) mass is 533 g/mol. The maximum absolute atomic E-state index is 13.3. The summed E-state index contributed by atoms with van der Waals surface area (Å²) in [6, 6.07) is 16.0. The van der Waals surface area contributed by atoms with Crippen LogP contribution in [0.1, 0.15) is 37.8 Å². The molecule has 8 heteroatoms. The number of aryl methyl sites for hydroxylation is 1. The van der Waals surface area contributed by atoms with E-state index in [1.807, 2.05) is 65.5 Å². The molecule has 3 aromatic rings. The minimum atomic E-state index is -0.0712. The molecule has 2 aliphatic rings. The Bertz CT molecular complexity index is 1330. The predicted molar refractivity (Wildman–Crippen MR) is 153 cm³/mol. The Kier molecular flexibility index (Phi) is 7.79. The van der Waals surface area contributed by atoms with Crippen LogP contribution in [-0.4, -0.2) is 50.8 Å². The average Bonchev–Trinajstić information content (AvgIpc) is 3.61. The van der Waals surface area contributed by atoms with E-state index in [4.69, 9.17) is 26.8 Å². The largest absolute Gasteiger partial charge is 0.493 e. The van der Waals surface area contributed by atoms with Gasteiger partial charge in [0.2, 0.25) is 0 Å². The van der Waals surface area contributed by atoms with Crippen LogP contribution in [0.2, 0.25) is 0 Å². The van der Waals surface area contributed by atoms with Gasteiger partial charge >= 0.3 is 0 Å². The van der Waals surface area contributed by atoms with Crippen LogP contribution in [0, 0.1) is 12.8 Å². The predicted octanol–water partition coefficient (Wildman–Crippen LogP) is 6.26. The van der Waals surface area contributed by atoms with Crippen molar-refractivity contribution in [3.8, 4) is 22.7 Å². The highest BCUT2D eigenvalue weighted by molar-refractivity contribution is 8.26. The first-order valence-corrected chi connectivity index (χ1v) is 13.9. The summed E-state index contributed by atoms with van der Waals surface area (Å²) in [6.07, 6.45) is 5.93. The third-order valence-corrected chi connectivity index (χ3v) is 7.75. The minimum absolute atomic E-state index is 0.0531. The van der Waals surface area contributed by atoms with Gasteiger partial charge in [-0.05, 0) is 67.7 Å². The normalized spacial score (nSPS) is 19.0. The number of thioether (sulfide) groups is 1. The number of carbonyl (C=O) groups is 1. The van der Waals surface area contributed by atoms with E-state index < -0.39 is 0 Å². The Morgan fingerprint density at radius 3 is 2.76 bits per heavy atom. The van der Waals surface area contributed by atoms with Crippen molar-refractivity contribution >= 4 is 40.3 Å². The van der Waals surface area contributed by atoms with Crippen molar-refractivity contribution in [2.45, 2.75) is 39.7 Å². The van der Waals surface area contributed by atoms with Crippen LogP contribution < -0.4 is 4.74 Å². The molecular formula is C29H31N3O3S2. The van der Waals surface area contributed by atoms with Crippen molar-refractivity contribution in [2.75, 3.05) is 19.8 Å². The molecule has 0 aliphatic carbocycles. The van der Waals surface area contributed by atoms with Gasteiger partial charge in [-0.1, -0.05) is 56.0 Å². The van der Waals surface area contributed by atoms with E-state index in [1.165, 1.54) is 11.8 Å². The number of amides is 1. The molecule has 2 aromatic carbocycles. The van der Waals surface area contributed by atoms with Crippen molar-refractivity contribution in [3.05, 3.63) is 70.8 Å². The summed E-state index contributed by atoms with van der Waals surface area (Å²) in [5.74, 6) is 1.22. The summed E-state index contributed by atoms with van der Waals surface area (Å²) in [5.41, 5.74) is 4.67. The first-order chi connectivity index (χ1) is 17.9. The number of ether oxygens (including phenoxy) is 2. The Morgan fingerprint density at radius 2 is 2.05 bits per heavy atom. The van der Waals surface area contributed by atoms with E-state index in [0.29, 0.717) is 28.3 Å². The van der Waals surface area contributed by atoms with Gasteiger partial charge in [0.25, 0.3) is 5.91 Å². The van der Waals surface area contributed by atoms with E-state index in [9.17, 15) is 4.79 Å². The highest BCUT2D eigenvalue weighted by Crippen LogP contribution is 2.36. The number of rotatable bonds is 8. The van der Waals surface area contributed by atoms with Gasteiger partial charge in [0.05, 0.1) is 29.8 Å². The quantitative estimate of drug-likeness (QED) is 0.252. The highest BCUT2D eigenvalue weighted by atomic mass is 32.2. The van der Waals surface area contributed by atoms with Gasteiger partial charge in [0.15, 0.2) is 0 Å². The summed E-state index contributed by atoms with van der Waals surface area (Å²) in [4.78, 5) is 15.6. The molecule has 1 atom stereocenters. The van der Waals surface area contributed by atoms with Gasteiger partial charge in [0, 0.05) is 23.9 Å². The molecule has 3 heterocycles. The molecule has 1 amide bonds. The molecule has 2 saturated heterocycles. The van der Waals surface area contributed by atoms with Gasteiger partial charge < -0.3 is 9.47 Å². The van der Waals surface area contributed by atoms with Crippen LogP contribution in [0.3, 0.4) is 0 Å². The Labute approximate surface area is 227 Å². The third-order valence-electron chi connectivity index (χ3n) is 6.37. The van der Waals surface area contributed by atoms with Gasteiger partial charge in [0.1, 0.15) is 15.8 Å². The van der Waals surface area contributed by atoms with Crippen molar-refractivity contribution < 1.29 is 14.3 Å². The van der Waals surface area contributed by atoms with Crippen LogP contribution >= 0.6 is 24.0 Å². The van der Waals surface area contributed by atoms with Crippen LogP contribution in [0.4, 0.5) is 0 Å². The molecule has 0 radical (unpaired) electrons. The molecule has 192 valence electrons. The van der Waals surface area contributed by atoms with E-state index in [1.54, 1.807) is 4.90 Å². The fourth-order valence-electron chi connectivity index (χ4n) is 4.46. The lowest BCUT2D eigenvalue weighted by molar-refractivity contribution is -0.123. The number of thiocarbonyl (C=S) groups is 1. The number of nitrogens with zero attached hydrogens (tertiary/aromatic N) is 3. The minimum Gasteiger partial charge on any atom is -0.493 e. The summed E-state index contributed by atoms with van der Waals surface area (Å²) < 4.78 is 14.1. The molecule has 1 aromatic heterocycles. The molecule has 0 bridgehead atoms. The van der Waals surface area contributed by atoms with Crippen molar-refractivity contribution in [3.63, 3.8) is 0 Å². The zero-order chi connectivity index (χ0) is 25.9. The lowest BCUT2D eigenvalue weighted by atomic mass is 10.0. The van der Waals surface area contributed by atoms with Crippen LogP contribution in [0.5, 0.6) is 5.75 Å². The number of carbonyl (C=O) groups excluding carboxylic acids is 1. The molecule has 2 fully saturated rings. The van der Waals surface area contributed by atoms with Crippen molar-refractivity contribution in [2.24, 2.45) is 5.92 Å². The molecule has 37 heavy (non-hydrogen) atoms. The molecule has 2 aliphatic heterocycles. The number of aromatic nitrogens is 2. The number of benzene rings is 2. The Hall–Kier alpha value is -2.94.